The van der Waals surface area contributed by atoms with Crippen LogP contribution < -0.4 is 0 Å². The normalized spacial score (nSPS) is 18.2. The molecule has 24 heavy (non-hydrogen) atoms. The summed E-state index contributed by atoms with van der Waals surface area (Å²) in [6.45, 7) is 6.91. The molecule has 1 aromatic carbocycles. The van der Waals surface area contributed by atoms with Gasteiger partial charge in [-0.25, -0.2) is 0 Å². The van der Waals surface area contributed by atoms with Crippen LogP contribution in [0.3, 0.4) is 0 Å². The van der Waals surface area contributed by atoms with E-state index >= 15 is 0 Å². The predicted octanol–water partition coefficient (Wildman–Crippen LogP) is 3.11. The average molecular weight is 348 g/mol. The number of hydrogen-bond acceptors (Lipinski definition) is 3. The van der Waals surface area contributed by atoms with Crippen molar-refractivity contribution in [2.75, 3.05) is 13.1 Å². The van der Waals surface area contributed by atoms with Crippen LogP contribution in [0.2, 0.25) is 5.02 Å². The highest BCUT2D eigenvalue weighted by Crippen LogP contribution is 2.23. The maximum atomic E-state index is 11.1. The van der Waals surface area contributed by atoms with Crippen molar-refractivity contribution in [2.45, 2.75) is 33.4 Å². The second-order valence-corrected chi connectivity index (χ2v) is 6.86. The highest BCUT2D eigenvalue weighted by Gasteiger charge is 2.29. The minimum atomic E-state index is -0.694. The molecule has 2 heterocycles. The fourth-order valence-electron chi connectivity index (χ4n) is 3.31. The van der Waals surface area contributed by atoms with Crippen LogP contribution in [0.15, 0.2) is 24.3 Å². The van der Waals surface area contributed by atoms with Gasteiger partial charge in [-0.05, 0) is 38.4 Å². The van der Waals surface area contributed by atoms with E-state index in [-0.39, 0.29) is 5.92 Å². The van der Waals surface area contributed by atoms with Crippen molar-refractivity contribution in [3.63, 3.8) is 0 Å². The van der Waals surface area contributed by atoms with Crippen LogP contribution in [0.5, 0.6) is 0 Å². The molecule has 1 aliphatic heterocycles. The molecule has 1 saturated heterocycles. The molecule has 1 atom stereocenters. The second kappa shape index (κ2) is 6.95. The van der Waals surface area contributed by atoms with Crippen LogP contribution in [-0.2, 0) is 17.9 Å². The summed E-state index contributed by atoms with van der Waals surface area (Å²) in [6.07, 6.45) is 0.723. The third kappa shape index (κ3) is 3.47. The smallest absolute Gasteiger partial charge is 0.307 e. The summed E-state index contributed by atoms with van der Waals surface area (Å²) >= 11 is 6.25. The summed E-state index contributed by atoms with van der Waals surface area (Å²) in [5.74, 6) is -0.941. The molecule has 0 saturated carbocycles. The van der Waals surface area contributed by atoms with Crippen molar-refractivity contribution in [2.24, 2.45) is 5.92 Å². The molecule has 2 aromatic rings. The second-order valence-electron chi connectivity index (χ2n) is 6.46. The van der Waals surface area contributed by atoms with Gasteiger partial charge in [-0.3, -0.25) is 14.4 Å². The largest absolute Gasteiger partial charge is 0.481 e. The summed E-state index contributed by atoms with van der Waals surface area (Å²) in [5, 5.41) is 14.5. The molecule has 6 heteroatoms. The van der Waals surface area contributed by atoms with Crippen LogP contribution in [0.4, 0.5) is 0 Å². The Morgan fingerprint density at radius 2 is 2.08 bits per heavy atom. The molecule has 1 N–H and O–H groups in total. The van der Waals surface area contributed by atoms with E-state index in [1.54, 1.807) is 0 Å². The van der Waals surface area contributed by atoms with Gasteiger partial charge in [0, 0.05) is 29.4 Å². The number of carboxylic acid groups (broad SMARTS) is 1. The number of carboxylic acids is 1. The molecule has 128 valence electrons. The molecule has 0 amide bonds. The lowest BCUT2D eigenvalue weighted by atomic mass is 10.1. The van der Waals surface area contributed by atoms with E-state index in [2.05, 4.69) is 16.9 Å². The molecule has 1 unspecified atom stereocenters. The van der Waals surface area contributed by atoms with Gasteiger partial charge in [0.1, 0.15) is 0 Å². The summed E-state index contributed by atoms with van der Waals surface area (Å²) < 4.78 is 1.98. The Morgan fingerprint density at radius 3 is 2.75 bits per heavy atom. The standard InChI is InChI=1S/C18H22ClN3O2/c1-12-16(11-21-8-7-15(9-21)18(23)24)13(2)22(20-12)10-14-5-3-4-6-17(14)19/h3-6,15H,7-11H2,1-2H3,(H,23,24). The molecule has 1 fully saturated rings. The Bertz CT molecular complexity index is 757. The lowest BCUT2D eigenvalue weighted by Gasteiger charge is -2.15. The predicted molar refractivity (Wildman–Crippen MR) is 93.3 cm³/mol. The number of aryl methyl sites for hydroxylation is 1. The first kappa shape index (κ1) is 17.0. The van der Waals surface area contributed by atoms with Crippen molar-refractivity contribution in [3.8, 4) is 0 Å². The number of nitrogens with zero attached hydrogens (tertiary/aromatic N) is 3. The van der Waals surface area contributed by atoms with Crippen molar-refractivity contribution in [1.29, 1.82) is 0 Å². The first-order valence-electron chi connectivity index (χ1n) is 8.17. The highest BCUT2D eigenvalue weighted by atomic mass is 35.5. The molecule has 0 aliphatic carbocycles. The Kier molecular flexibility index (Phi) is 4.92. The van der Waals surface area contributed by atoms with Crippen LogP contribution in [0.25, 0.3) is 0 Å². The third-order valence-corrected chi connectivity index (χ3v) is 5.18. The molecule has 1 aromatic heterocycles. The average Bonchev–Trinajstić information content (AvgIpc) is 3.11. The van der Waals surface area contributed by atoms with Gasteiger partial charge >= 0.3 is 5.97 Å². The summed E-state index contributed by atoms with van der Waals surface area (Å²) in [6, 6.07) is 7.80. The van der Waals surface area contributed by atoms with Crippen molar-refractivity contribution in [3.05, 3.63) is 51.8 Å². The van der Waals surface area contributed by atoms with Crippen LogP contribution in [0.1, 0.15) is 28.9 Å². The maximum Gasteiger partial charge on any atom is 0.307 e. The van der Waals surface area contributed by atoms with Gasteiger partial charge < -0.3 is 5.11 Å². The number of hydrogen-bond donors (Lipinski definition) is 1. The Hall–Kier alpha value is -1.85. The van der Waals surface area contributed by atoms with E-state index in [0.29, 0.717) is 13.1 Å². The summed E-state index contributed by atoms with van der Waals surface area (Å²) in [4.78, 5) is 13.3. The highest BCUT2D eigenvalue weighted by molar-refractivity contribution is 6.31. The van der Waals surface area contributed by atoms with Gasteiger partial charge in [0.2, 0.25) is 0 Å². The molecule has 3 rings (SSSR count). The zero-order valence-corrected chi connectivity index (χ0v) is 14.8. The Balaban J connectivity index is 1.75. The number of benzene rings is 1. The summed E-state index contributed by atoms with van der Waals surface area (Å²) in [5.41, 5.74) is 4.35. The van der Waals surface area contributed by atoms with Gasteiger partial charge in [0.15, 0.2) is 0 Å². The number of aromatic nitrogens is 2. The van der Waals surface area contributed by atoms with E-state index in [9.17, 15) is 4.79 Å². The topological polar surface area (TPSA) is 58.4 Å². The number of likely N-dealkylation sites (tertiary alicyclic amines) is 1. The molecule has 0 spiro atoms. The third-order valence-electron chi connectivity index (χ3n) is 4.81. The van der Waals surface area contributed by atoms with E-state index in [1.807, 2.05) is 35.9 Å². The van der Waals surface area contributed by atoms with Crippen molar-refractivity contribution in [1.82, 2.24) is 14.7 Å². The zero-order chi connectivity index (χ0) is 17.3. The van der Waals surface area contributed by atoms with Crippen molar-refractivity contribution < 1.29 is 9.90 Å². The quantitative estimate of drug-likeness (QED) is 0.902. The maximum absolute atomic E-state index is 11.1. The lowest BCUT2D eigenvalue weighted by molar-refractivity contribution is -0.141. The van der Waals surface area contributed by atoms with E-state index in [0.717, 1.165) is 41.5 Å². The lowest BCUT2D eigenvalue weighted by Crippen LogP contribution is -2.23. The molecular weight excluding hydrogens is 326 g/mol. The molecule has 0 radical (unpaired) electrons. The van der Waals surface area contributed by atoms with Crippen molar-refractivity contribution >= 4 is 17.6 Å². The fourth-order valence-corrected chi connectivity index (χ4v) is 3.50. The van der Waals surface area contributed by atoms with Crippen LogP contribution >= 0.6 is 11.6 Å². The minimum Gasteiger partial charge on any atom is -0.481 e. The van der Waals surface area contributed by atoms with Crippen LogP contribution in [-0.4, -0.2) is 38.8 Å². The number of carbonyl (C=O) groups is 1. The van der Waals surface area contributed by atoms with E-state index in [1.165, 1.54) is 5.56 Å². The van der Waals surface area contributed by atoms with Gasteiger partial charge in [0.25, 0.3) is 0 Å². The molecule has 1 aliphatic rings. The fraction of sp³-hybridized carbons (Fsp3) is 0.444. The summed E-state index contributed by atoms with van der Waals surface area (Å²) in [7, 11) is 0. The minimum absolute atomic E-state index is 0.246. The number of halogens is 1. The Labute approximate surface area is 146 Å². The first-order chi connectivity index (χ1) is 11.5. The van der Waals surface area contributed by atoms with Crippen LogP contribution in [0, 0.1) is 19.8 Å². The van der Waals surface area contributed by atoms with Gasteiger partial charge in [0.05, 0.1) is 18.2 Å². The van der Waals surface area contributed by atoms with E-state index < -0.39 is 5.97 Å². The zero-order valence-electron chi connectivity index (χ0n) is 14.0. The van der Waals surface area contributed by atoms with Gasteiger partial charge in [-0.15, -0.1) is 0 Å². The number of aliphatic carboxylic acids is 1. The molecule has 5 nitrogen and oxygen atoms in total. The number of rotatable bonds is 5. The SMILES string of the molecule is Cc1nn(Cc2ccccc2Cl)c(C)c1CN1CCC(C(=O)O)C1. The van der Waals surface area contributed by atoms with Gasteiger partial charge in [-0.1, -0.05) is 29.8 Å². The van der Waals surface area contributed by atoms with E-state index in [4.69, 9.17) is 16.7 Å². The molecular formula is C18H22ClN3O2. The van der Waals surface area contributed by atoms with Gasteiger partial charge in [-0.2, -0.15) is 5.10 Å². The monoisotopic (exact) mass is 347 g/mol. The Morgan fingerprint density at radius 1 is 1.33 bits per heavy atom. The first-order valence-corrected chi connectivity index (χ1v) is 8.55. The molecule has 0 bridgehead atoms.